The van der Waals surface area contributed by atoms with E-state index >= 15 is 0 Å². The first-order valence-electron chi connectivity index (χ1n) is 5.30. The maximum absolute atomic E-state index is 10.3. The molecule has 1 unspecified atom stereocenters. The molecular weight excluding hydrogens is 194 g/mol. The Hall–Kier alpha value is -0.870. The van der Waals surface area contributed by atoms with E-state index in [0.717, 1.165) is 13.0 Å². The summed E-state index contributed by atoms with van der Waals surface area (Å²) in [6.45, 7) is 7.70. The fourth-order valence-corrected chi connectivity index (χ4v) is 1.09. The Labute approximate surface area is 91.3 Å². The molecule has 0 aliphatic carbocycles. The van der Waals surface area contributed by atoms with E-state index in [1.54, 1.807) is 0 Å². The summed E-state index contributed by atoms with van der Waals surface area (Å²) in [5.74, 6) is -0.745. The normalized spacial score (nSPS) is 12.3. The highest BCUT2D eigenvalue weighted by molar-refractivity contribution is 5.66. The Bertz CT molecular complexity index is 183. The molecule has 0 aromatic rings. The summed E-state index contributed by atoms with van der Waals surface area (Å²) >= 11 is 0. The Morgan fingerprint density at radius 3 is 2.93 bits per heavy atom. The lowest BCUT2D eigenvalue weighted by Gasteiger charge is -2.12. The highest BCUT2D eigenvalue weighted by atomic mass is 16.5. The summed E-state index contributed by atoms with van der Waals surface area (Å²) in [6.07, 6.45) is 3.56. The first kappa shape index (κ1) is 14.1. The number of ether oxygens (including phenoxy) is 1. The van der Waals surface area contributed by atoms with Crippen LogP contribution >= 0.6 is 0 Å². The zero-order chi connectivity index (χ0) is 11.5. The molecule has 2 N–H and O–H groups in total. The fourth-order valence-electron chi connectivity index (χ4n) is 1.09. The summed E-state index contributed by atoms with van der Waals surface area (Å²) < 4.78 is 5.30. The van der Waals surface area contributed by atoms with Crippen LogP contribution in [0.25, 0.3) is 0 Å². The van der Waals surface area contributed by atoms with Crippen LogP contribution in [0.15, 0.2) is 12.7 Å². The molecule has 15 heavy (non-hydrogen) atoms. The van der Waals surface area contributed by atoms with Gasteiger partial charge in [0.25, 0.3) is 0 Å². The lowest BCUT2D eigenvalue weighted by atomic mass is 10.2. The highest BCUT2D eigenvalue weighted by Gasteiger charge is 2.03. The predicted molar refractivity (Wildman–Crippen MR) is 60.0 cm³/mol. The quantitative estimate of drug-likeness (QED) is 0.427. The van der Waals surface area contributed by atoms with Crippen molar-refractivity contribution in [2.45, 2.75) is 32.2 Å². The van der Waals surface area contributed by atoms with Gasteiger partial charge in [-0.1, -0.05) is 6.08 Å². The number of nitrogens with one attached hydrogen (secondary N) is 1. The number of rotatable bonds is 10. The predicted octanol–water partition coefficient (Wildman–Crippen LogP) is 1.42. The molecule has 0 aliphatic heterocycles. The third-order valence-corrected chi connectivity index (χ3v) is 2.00. The van der Waals surface area contributed by atoms with Crippen molar-refractivity contribution in [1.29, 1.82) is 0 Å². The van der Waals surface area contributed by atoms with Gasteiger partial charge < -0.3 is 15.2 Å². The summed E-state index contributed by atoms with van der Waals surface area (Å²) in [4.78, 5) is 10.3. The van der Waals surface area contributed by atoms with Crippen LogP contribution in [0.2, 0.25) is 0 Å². The summed E-state index contributed by atoms with van der Waals surface area (Å²) in [5.41, 5.74) is 0. The van der Waals surface area contributed by atoms with E-state index in [1.807, 2.05) is 13.0 Å². The minimum Gasteiger partial charge on any atom is -0.481 e. The van der Waals surface area contributed by atoms with E-state index < -0.39 is 5.97 Å². The number of carboxylic acid groups (broad SMARTS) is 1. The van der Waals surface area contributed by atoms with Gasteiger partial charge in [-0.15, -0.1) is 6.58 Å². The number of carboxylic acids is 1. The van der Waals surface area contributed by atoms with Crippen LogP contribution in [-0.4, -0.2) is 36.9 Å². The Kier molecular flexibility index (Phi) is 9.11. The molecule has 1 atom stereocenters. The standard InChI is InChI=1S/C11H21NO3/c1-3-4-8-15-9-7-12-10(2)5-6-11(13)14/h3,10,12H,1,4-9H2,2H3,(H,13,14). The molecule has 0 fully saturated rings. The monoisotopic (exact) mass is 215 g/mol. The zero-order valence-electron chi connectivity index (χ0n) is 9.37. The van der Waals surface area contributed by atoms with Gasteiger partial charge in [0.1, 0.15) is 0 Å². The van der Waals surface area contributed by atoms with E-state index in [0.29, 0.717) is 19.6 Å². The molecule has 4 heteroatoms. The minimum atomic E-state index is -0.745. The molecule has 4 nitrogen and oxygen atoms in total. The number of carbonyl (C=O) groups is 1. The lowest BCUT2D eigenvalue weighted by molar-refractivity contribution is -0.137. The summed E-state index contributed by atoms with van der Waals surface area (Å²) in [6, 6.07) is 0.226. The third kappa shape index (κ3) is 11.1. The lowest BCUT2D eigenvalue weighted by Crippen LogP contribution is -2.30. The van der Waals surface area contributed by atoms with E-state index in [2.05, 4.69) is 11.9 Å². The van der Waals surface area contributed by atoms with Gasteiger partial charge in [0.15, 0.2) is 0 Å². The molecule has 0 rings (SSSR count). The molecular formula is C11H21NO3. The van der Waals surface area contributed by atoms with Crippen LogP contribution in [0.3, 0.4) is 0 Å². The molecule has 0 aromatic carbocycles. The van der Waals surface area contributed by atoms with Gasteiger partial charge in [0, 0.05) is 19.0 Å². The molecule has 88 valence electrons. The van der Waals surface area contributed by atoms with Crippen molar-refractivity contribution in [1.82, 2.24) is 5.32 Å². The molecule has 0 spiro atoms. The van der Waals surface area contributed by atoms with Crippen molar-refractivity contribution in [3.05, 3.63) is 12.7 Å². The van der Waals surface area contributed by atoms with Gasteiger partial charge in [-0.05, 0) is 19.8 Å². The zero-order valence-corrected chi connectivity index (χ0v) is 9.37. The Morgan fingerprint density at radius 1 is 1.60 bits per heavy atom. The smallest absolute Gasteiger partial charge is 0.303 e. The topological polar surface area (TPSA) is 58.6 Å². The molecule has 0 heterocycles. The Morgan fingerprint density at radius 2 is 2.33 bits per heavy atom. The van der Waals surface area contributed by atoms with Crippen LogP contribution in [-0.2, 0) is 9.53 Å². The SMILES string of the molecule is C=CCCOCCNC(C)CCC(=O)O. The largest absolute Gasteiger partial charge is 0.481 e. The van der Waals surface area contributed by atoms with Crippen LogP contribution < -0.4 is 5.32 Å². The van der Waals surface area contributed by atoms with Gasteiger partial charge >= 0.3 is 5.97 Å². The van der Waals surface area contributed by atoms with Crippen LogP contribution in [0.4, 0.5) is 0 Å². The molecule has 0 amide bonds. The van der Waals surface area contributed by atoms with E-state index in [4.69, 9.17) is 9.84 Å². The van der Waals surface area contributed by atoms with Crippen molar-refractivity contribution < 1.29 is 14.6 Å². The van der Waals surface area contributed by atoms with Gasteiger partial charge in [-0.2, -0.15) is 0 Å². The second-order valence-electron chi connectivity index (χ2n) is 3.48. The maximum atomic E-state index is 10.3. The van der Waals surface area contributed by atoms with Crippen LogP contribution in [0, 0.1) is 0 Å². The highest BCUT2D eigenvalue weighted by Crippen LogP contribution is 1.95. The average Bonchev–Trinajstić information content (AvgIpc) is 2.20. The van der Waals surface area contributed by atoms with Crippen LogP contribution in [0.5, 0.6) is 0 Å². The van der Waals surface area contributed by atoms with Crippen molar-refractivity contribution in [3.8, 4) is 0 Å². The molecule has 0 saturated carbocycles. The fraction of sp³-hybridized carbons (Fsp3) is 0.727. The van der Waals surface area contributed by atoms with Crippen molar-refractivity contribution in [2.24, 2.45) is 0 Å². The maximum Gasteiger partial charge on any atom is 0.303 e. The summed E-state index contributed by atoms with van der Waals surface area (Å²) in [5, 5.41) is 11.7. The van der Waals surface area contributed by atoms with E-state index in [-0.39, 0.29) is 12.5 Å². The second-order valence-corrected chi connectivity index (χ2v) is 3.48. The first-order chi connectivity index (χ1) is 7.16. The van der Waals surface area contributed by atoms with E-state index in [1.165, 1.54) is 0 Å². The number of hydrogen-bond acceptors (Lipinski definition) is 3. The number of hydrogen-bond donors (Lipinski definition) is 2. The van der Waals surface area contributed by atoms with Gasteiger partial charge in [0.05, 0.1) is 13.2 Å². The molecule has 0 bridgehead atoms. The first-order valence-corrected chi connectivity index (χ1v) is 5.30. The number of aliphatic carboxylic acids is 1. The van der Waals surface area contributed by atoms with Crippen molar-refractivity contribution >= 4 is 5.97 Å². The third-order valence-electron chi connectivity index (χ3n) is 2.00. The van der Waals surface area contributed by atoms with Crippen molar-refractivity contribution in [2.75, 3.05) is 19.8 Å². The molecule has 0 saturated heterocycles. The average molecular weight is 215 g/mol. The van der Waals surface area contributed by atoms with Gasteiger partial charge in [-0.3, -0.25) is 4.79 Å². The van der Waals surface area contributed by atoms with Gasteiger partial charge in [0.2, 0.25) is 0 Å². The van der Waals surface area contributed by atoms with Crippen molar-refractivity contribution in [3.63, 3.8) is 0 Å². The van der Waals surface area contributed by atoms with Gasteiger partial charge in [-0.25, -0.2) is 0 Å². The molecule has 0 aliphatic rings. The Balaban J connectivity index is 3.19. The minimum absolute atomic E-state index is 0.214. The van der Waals surface area contributed by atoms with Crippen LogP contribution in [0.1, 0.15) is 26.2 Å². The second kappa shape index (κ2) is 9.68. The molecule has 0 radical (unpaired) electrons. The molecule has 0 aromatic heterocycles. The summed E-state index contributed by atoms with van der Waals surface area (Å²) in [7, 11) is 0. The van der Waals surface area contributed by atoms with E-state index in [9.17, 15) is 4.79 Å².